The molecule has 0 spiro atoms. The van der Waals surface area contributed by atoms with Crippen molar-refractivity contribution in [1.82, 2.24) is 9.55 Å². The van der Waals surface area contributed by atoms with E-state index in [0.29, 0.717) is 19.0 Å². The van der Waals surface area contributed by atoms with E-state index >= 15 is 0 Å². The van der Waals surface area contributed by atoms with E-state index in [2.05, 4.69) is 4.98 Å². The molecule has 1 aromatic heterocycles. The number of aromatic nitrogens is 2. The van der Waals surface area contributed by atoms with Crippen molar-refractivity contribution >= 4 is 6.09 Å². The standard InChI is InChI=1S/C10H17N3O3/c1-10(2,3)16-9(14)13-6-8(12-7-13)15-5-4-11/h6-7H,4-5,11H2,1-3H3. The van der Waals surface area contributed by atoms with Crippen LogP contribution in [0.2, 0.25) is 0 Å². The number of carbonyl (C=O) groups excluding carboxylic acids is 1. The van der Waals surface area contributed by atoms with E-state index in [1.54, 1.807) is 20.8 Å². The van der Waals surface area contributed by atoms with E-state index in [1.807, 2.05) is 0 Å². The molecule has 2 N–H and O–H groups in total. The first kappa shape index (κ1) is 12.5. The van der Waals surface area contributed by atoms with E-state index in [0.717, 1.165) is 0 Å². The van der Waals surface area contributed by atoms with Gasteiger partial charge in [-0.15, -0.1) is 0 Å². The highest BCUT2D eigenvalue weighted by Crippen LogP contribution is 2.11. The van der Waals surface area contributed by atoms with Gasteiger partial charge in [0, 0.05) is 6.54 Å². The molecule has 0 aromatic carbocycles. The summed E-state index contributed by atoms with van der Waals surface area (Å²) in [4.78, 5) is 15.5. The third-order valence-electron chi connectivity index (χ3n) is 1.53. The summed E-state index contributed by atoms with van der Waals surface area (Å²) in [6.07, 6.45) is 2.33. The lowest BCUT2D eigenvalue weighted by atomic mass is 10.2. The number of carbonyl (C=O) groups is 1. The molecule has 0 amide bonds. The zero-order chi connectivity index (χ0) is 12.2. The number of ether oxygens (including phenoxy) is 2. The smallest absolute Gasteiger partial charge is 0.419 e. The Bertz CT molecular complexity index is 354. The molecule has 0 atom stereocenters. The fourth-order valence-corrected chi connectivity index (χ4v) is 0.957. The Balaban J connectivity index is 2.60. The summed E-state index contributed by atoms with van der Waals surface area (Å²) in [7, 11) is 0. The van der Waals surface area contributed by atoms with Crippen LogP contribution < -0.4 is 10.5 Å². The average Bonchev–Trinajstić information content (AvgIpc) is 2.60. The molecule has 0 bridgehead atoms. The van der Waals surface area contributed by atoms with Gasteiger partial charge in [0.2, 0.25) is 5.88 Å². The number of nitrogens with zero attached hydrogens (tertiary/aromatic N) is 2. The lowest BCUT2D eigenvalue weighted by Gasteiger charge is -2.18. The molecule has 1 heterocycles. The van der Waals surface area contributed by atoms with E-state index in [9.17, 15) is 4.79 Å². The zero-order valence-electron chi connectivity index (χ0n) is 9.77. The third kappa shape index (κ3) is 3.90. The lowest BCUT2D eigenvalue weighted by Crippen LogP contribution is -2.26. The monoisotopic (exact) mass is 227 g/mol. The summed E-state index contributed by atoms with van der Waals surface area (Å²) >= 11 is 0. The Morgan fingerprint density at radius 2 is 2.25 bits per heavy atom. The SMILES string of the molecule is CC(C)(C)OC(=O)n1cnc(OCCN)c1. The summed E-state index contributed by atoms with van der Waals surface area (Å²) in [6, 6.07) is 0. The summed E-state index contributed by atoms with van der Waals surface area (Å²) in [5.74, 6) is 0.358. The van der Waals surface area contributed by atoms with E-state index in [-0.39, 0.29) is 0 Å². The molecule has 16 heavy (non-hydrogen) atoms. The molecule has 0 aliphatic rings. The molecule has 0 radical (unpaired) electrons. The van der Waals surface area contributed by atoms with Gasteiger partial charge in [-0.3, -0.25) is 0 Å². The Morgan fingerprint density at radius 1 is 1.56 bits per heavy atom. The summed E-state index contributed by atoms with van der Waals surface area (Å²) in [6.45, 7) is 6.17. The number of nitrogens with two attached hydrogens (primary N) is 1. The van der Waals surface area contributed by atoms with Gasteiger partial charge in [-0.05, 0) is 20.8 Å². The molecule has 0 saturated heterocycles. The van der Waals surface area contributed by atoms with Crippen molar-refractivity contribution in [3.8, 4) is 5.88 Å². The van der Waals surface area contributed by atoms with Crippen LogP contribution >= 0.6 is 0 Å². The predicted molar refractivity (Wildman–Crippen MR) is 58.4 cm³/mol. The molecule has 0 aliphatic heterocycles. The van der Waals surface area contributed by atoms with Crippen molar-refractivity contribution in [2.75, 3.05) is 13.2 Å². The van der Waals surface area contributed by atoms with Crippen LogP contribution in [0.4, 0.5) is 4.79 Å². The highest BCUT2D eigenvalue weighted by molar-refractivity contribution is 5.70. The van der Waals surface area contributed by atoms with Crippen LogP contribution in [0.25, 0.3) is 0 Å². The molecule has 6 heteroatoms. The molecule has 0 saturated carbocycles. The third-order valence-corrected chi connectivity index (χ3v) is 1.53. The Kier molecular flexibility index (Phi) is 3.89. The number of hydrogen-bond donors (Lipinski definition) is 1. The first-order valence-electron chi connectivity index (χ1n) is 5.02. The molecule has 1 rings (SSSR count). The first-order chi connectivity index (χ1) is 7.42. The fourth-order valence-electron chi connectivity index (χ4n) is 0.957. The van der Waals surface area contributed by atoms with Gasteiger partial charge >= 0.3 is 6.09 Å². The van der Waals surface area contributed by atoms with Gasteiger partial charge in [-0.2, -0.15) is 0 Å². The van der Waals surface area contributed by atoms with Crippen LogP contribution in [0.5, 0.6) is 5.88 Å². The molecular formula is C10H17N3O3. The van der Waals surface area contributed by atoms with Crippen molar-refractivity contribution in [1.29, 1.82) is 0 Å². The van der Waals surface area contributed by atoms with Crippen LogP contribution in [0, 0.1) is 0 Å². The van der Waals surface area contributed by atoms with Gasteiger partial charge in [-0.1, -0.05) is 0 Å². The van der Waals surface area contributed by atoms with Crippen LogP contribution in [0.15, 0.2) is 12.5 Å². The van der Waals surface area contributed by atoms with Gasteiger partial charge in [0.15, 0.2) is 0 Å². The second-order valence-electron chi connectivity index (χ2n) is 4.24. The van der Waals surface area contributed by atoms with Gasteiger partial charge < -0.3 is 15.2 Å². The molecule has 0 fully saturated rings. The van der Waals surface area contributed by atoms with Gasteiger partial charge in [0.25, 0.3) is 0 Å². The van der Waals surface area contributed by atoms with Crippen molar-refractivity contribution in [2.45, 2.75) is 26.4 Å². The highest BCUT2D eigenvalue weighted by Gasteiger charge is 2.18. The first-order valence-corrected chi connectivity index (χ1v) is 5.02. The Labute approximate surface area is 94.4 Å². The van der Waals surface area contributed by atoms with Crippen molar-refractivity contribution in [3.63, 3.8) is 0 Å². The maximum Gasteiger partial charge on any atom is 0.419 e. The molecular weight excluding hydrogens is 210 g/mol. The summed E-state index contributed by atoms with van der Waals surface area (Å²) in [5.41, 5.74) is 4.75. The number of rotatable bonds is 3. The van der Waals surface area contributed by atoms with Gasteiger partial charge in [0.1, 0.15) is 18.5 Å². The lowest BCUT2D eigenvalue weighted by molar-refractivity contribution is 0.0536. The van der Waals surface area contributed by atoms with Crippen LogP contribution in [-0.4, -0.2) is 34.4 Å². The maximum absolute atomic E-state index is 11.6. The largest absolute Gasteiger partial charge is 0.475 e. The normalized spacial score (nSPS) is 11.2. The van der Waals surface area contributed by atoms with Crippen molar-refractivity contribution < 1.29 is 14.3 Å². The predicted octanol–water partition coefficient (Wildman–Crippen LogP) is 1.00. The van der Waals surface area contributed by atoms with Crippen LogP contribution in [0.3, 0.4) is 0 Å². The van der Waals surface area contributed by atoms with Crippen molar-refractivity contribution in [2.24, 2.45) is 5.73 Å². The molecule has 6 nitrogen and oxygen atoms in total. The average molecular weight is 227 g/mol. The van der Waals surface area contributed by atoms with E-state index < -0.39 is 11.7 Å². The molecule has 90 valence electrons. The second kappa shape index (κ2) is 4.98. The van der Waals surface area contributed by atoms with Crippen LogP contribution in [0.1, 0.15) is 20.8 Å². The minimum absolute atomic E-state index is 0.358. The molecule has 0 unspecified atom stereocenters. The Morgan fingerprint density at radius 3 is 2.81 bits per heavy atom. The summed E-state index contributed by atoms with van der Waals surface area (Å²) < 4.78 is 11.5. The van der Waals surface area contributed by atoms with Gasteiger partial charge in [-0.25, -0.2) is 14.3 Å². The minimum atomic E-state index is -0.528. The Hall–Kier alpha value is -1.56. The second-order valence-corrected chi connectivity index (χ2v) is 4.24. The van der Waals surface area contributed by atoms with Crippen molar-refractivity contribution in [3.05, 3.63) is 12.5 Å². The van der Waals surface area contributed by atoms with Gasteiger partial charge in [0.05, 0.1) is 6.20 Å². The molecule has 0 aliphatic carbocycles. The highest BCUT2D eigenvalue weighted by atomic mass is 16.6. The number of hydrogen-bond acceptors (Lipinski definition) is 5. The summed E-state index contributed by atoms with van der Waals surface area (Å²) in [5, 5.41) is 0. The quantitative estimate of drug-likeness (QED) is 0.833. The zero-order valence-corrected chi connectivity index (χ0v) is 9.77. The van der Waals surface area contributed by atoms with E-state index in [4.69, 9.17) is 15.2 Å². The van der Waals surface area contributed by atoms with E-state index in [1.165, 1.54) is 17.1 Å². The molecule has 1 aromatic rings. The topological polar surface area (TPSA) is 79.4 Å². The number of imidazole rings is 1. The maximum atomic E-state index is 11.6. The minimum Gasteiger partial charge on any atom is -0.475 e. The van der Waals surface area contributed by atoms with Crippen LogP contribution in [-0.2, 0) is 4.74 Å². The fraction of sp³-hybridized carbons (Fsp3) is 0.600.